The summed E-state index contributed by atoms with van der Waals surface area (Å²) < 4.78 is 30.9. The molecule has 56 heavy (non-hydrogen) atoms. The van der Waals surface area contributed by atoms with Gasteiger partial charge in [-0.05, 0) is 113 Å². The third kappa shape index (κ3) is 5.59. The Kier molecular flexibility index (Phi) is 8.74. The van der Waals surface area contributed by atoms with Gasteiger partial charge >= 0.3 is 0 Å². The smallest absolute Gasteiger partial charge is 0.202 e. The van der Waals surface area contributed by atoms with Gasteiger partial charge in [-0.15, -0.1) is 0 Å². The number of fused-ring (bicyclic) bond motifs is 4. The standard InChI is InChI=1S/C42H52N2O12/c1-17-12-21-29(35-27(17)23(45)15-26(53-35)41(6)37(56-41)36-39(3,4)55-36)34(49)30-28(33(21)48)19(24-14-22(43(8)9)31(46)18(2)52-24)13-20(32(30)47)25-16-40(5,44(10)11)38(50)42(7,51)54-25/h12-13,15,18,22,24-25,31,36-38,46-47,50-51H,14,16H2,1-11H3/t18-,22-,24-,25+,31-,36?,37?,38-,40-,41?,42+/m0/s1. The lowest BCUT2D eigenvalue weighted by Gasteiger charge is -2.52. The Bertz CT molecular complexity index is 2260. The molecular weight excluding hydrogens is 724 g/mol. The molecule has 4 fully saturated rings. The van der Waals surface area contributed by atoms with Crippen molar-refractivity contribution in [2.75, 3.05) is 28.2 Å². The molecule has 4 N–H and O–H groups in total. The Hall–Kier alpha value is -3.57. The third-order valence-electron chi connectivity index (χ3n) is 13.3. The number of ether oxygens (including phenoxy) is 4. The number of epoxide rings is 2. The number of aliphatic hydroxyl groups excluding tert-OH is 2. The fourth-order valence-corrected chi connectivity index (χ4v) is 9.46. The van der Waals surface area contributed by atoms with E-state index in [4.69, 9.17) is 23.4 Å². The van der Waals surface area contributed by atoms with Crippen molar-refractivity contribution in [3.63, 3.8) is 0 Å². The van der Waals surface area contributed by atoms with Crippen LogP contribution in [0, 0.1) is 6.92 Å². The average Bonchev–Trinajstić information content (AvgIpc) is 3.98. The van der Waals surface area contributed by atoms with Gasteiger partial charge < -0.3 is 53.6 Å². The van der Waals surface area contributed by atoms with Gasteiger partial charge in [0.25, 0.3) is 0 Å². The minimum Gasteiger partial charge on any atom is -0.507 e. The van der Waals surface area contributed by atoms with E-state index in [-0.39, 0.29) is 63.5 Å². The van der Waals surface area contributed by atoms with Crippen molar-refractivity contribution in [3.8, 4) is 5.75 Å². The normalized spacial score (nSPS) is 37.6. The van der Waals surface area contributed by atoms with Gasteiger partial charge in [0.05, 0.1) is 52.1 Å². The van der Waals surface area contributed by atoms with Gasteiger partial charge in [-0.2, -0.15) is 0 Å². The second kappa shape index (κ2) is 12.5. The van der Waals surface area contributed by atoms with E-state index in [1.807, 2.05) is 32.8 Å². The Balaban J connectivity index is 1.35. The highest BCUT2D eigenvalue weighted by molar-refractivity contribution is 6.33. The first kappa shape index (κ1) is 39.3. The van der Waals surface area contributed by atoms with Crippen LogP contribution in [0.2, 0.25) is 0 Å². The molecule has 3 unspecified atom stereocenters. The Morgan fingerprint density at radius 1 is 0.821 bits per heavy atom. The summed E-state index contributed by atoms with van der Waals surface area (Å²) in [5.74, 6) is -3.78. The number of carbonyl (C=O) groups excluding carboxylic acids is 2. The highest BCUT2D eigenvalue weighted by Crippen LogP contribution is 2.57. The summed E-state index contributed by atoms with van der Waals surface area (Å²) >= 11 is 0. The van der Waals surface area contributed by atoms with Crippen LogP contribution in [0.5, 0.6) is 5.75 Å². The number of hydrogen-bond acceptors (Lipinski definition) is 14. The van der Waals surface area contributed by atoms with Crippen molar-refractivity contribution in [2.24, 2.45) is 0 Å². The molecule has 5 aliphatic rings. The summed E-state index contributed by atoms with van der Waals surface area (Å²) in [6.07, 6.45) is -5.11. The fourth-order valence-electron chi connectivity index (χ4n) is 9.46. The highest BCUT2D eigenvalue weighted by atomic mass is 16.7. The summed E-state index contributed by atoms with van der Waals surface area (Å²) in [6, 6.07) is 4.05. The summed E-state index contributed by atoms with van der Waals surface area (Å²) in [5.41, 5.74) is -2.76. The molecule has 0 saturated carbocycles. The molecule has 1 aromatic heterocycles. The molecule has 3 aromatic rings. The predicted molar refractivity (Wildman–Crippen MR) is 202 cm³/mol. The van der Waals surface area contributed by atoms with Gasteiger partial charge in [0.15, 0.2) is 22.6 Å². The maximum atomic E-state index is 15.2. The molecular formula is C42H52N2O12. The molecule has 5 heterocycles. The first-order valence-corrected chi connectivity index (χ1v) is 19.2. The maximum Gasteiger partial charge on any atom is 0.202 e. The molecule has 2 aromatic carbocycles. The van der Waals surface area contributed by atoms with Crippen molar-refractivity contribution in [3.05, 3.63) is 73.1 Å². The summed E-state index contributed by atoms with van der Waals surface area (Å²) in [6.45, 7) is 12.2. The van der Waals surface area contributed by atoms with Crippen LogP contribution in [0.1, 0.15) is 121 Å². The van der Waals surface area contributed by atoms with Gasteiger partial charge in [-0.25, -0.2) is 0 Å². The molecule has 14 nitrogen and oxygen atoms in total. The van der Waals surface area contributed by atoms with Crippen LogP contribution in [0.15, 0.2) is 27.4 Å². The number of aryl methyl sites for hydroxylation is 1. The van der Waals surface area contributed by atoms with Crippen LogP contribution in [0.3, 0.4) is 0 Å². The number of aromatic hydroxyl groups is 1. The minimum absolute atomic E-state index is 0.000477. The van der Waals surface area contributed by atoms with E-state index in [0.717, 1.165) is 0 Å². The van der Waals surface area contributed by atoms with Crippen LogP contribution < -0.4 is 5.43 Å². The van der Waals surface area contributed by atoms with E-state index in [9.17, 15) is 25.2 Å². The van der Waals surface area contributed by atoms with E-state index >= 15 is 9.59 Å². The molecule has 0 radical (unpaired) electrons. The zero-order valence-corrected chi connectivity index (χ0v) is 33.7. The highest BCUT2D eigenvalue weighted by Gasteiger charge is 2.70. The monoisotopic (exact) mass is 776 g/mol. The Labute approximate surface area is 324 Å². The number of aliphatic hydroxyl groups is 3. The Morgan fingerprint density at radius 2 is 1.48 bits per heavy atom. The van der Waals surface area contributed by atoms with Crippen molar-refractivity contribution < 1.29 is 53.4 Å². The number of carbonyl (C=O) groups is 2. The molecule has 14 heteroatoms. The van der Waals surface area contributed by atoms with Crippen molar-refractivity contribution >= 4 is 22.5 Å². The molecule has 4 saturated heterocycles. The molecule has 8 rings (SSSR count). The van der Waals surface area contributed by atoms with E-state index in [1.54, 1.807) is 52.8 Å². The van der Waals surface area contributed by atoms with Gasteiger partial charge in [0.1, 0.15) is 35.4 Å². The van der Waals surface area contributed by atoms with Crippen molar-refractivity contribution in [1.82, 2.24) is 9.80 Å². The molecule has 0 bridgehead atoms. The van der Waals surface area contributed by atoms with Gasteiger partial charge in [0.2, 0.25) is 5.78 Å². The van der Waals surface area contributed by atoms with E-state index in [1.165, 1.54) is 19.1 Å². The first-order chi connectivity index (χ1) is 25.9. The molecule has 0 amide bonds. The number of ketones is 2. The number of phenolic OH excluding ortho intramolecular Hbond substituents is 1. The third-order valence-corrected chi connectivity index (χ3v) is 13.3. The van der Waals surface area contributed by atoms with Crippen LogP contribution in [0.4, 0.5) is 0 Å². The number of benzene rings is 2. The number of nitrogens with zero attached hydrogens (tertiary/aromatic N) is 2. The SMILES string of the molecule is Cc1cc2c(c3oc(C4(C)OC4C4OC4(C)C)cc(=O)c13)C(=O)c1c(O)c([C@H]3C[C@](C)(N(C)C)[C@H](O)[C@](C)(O)O3)cc([C@@H]3C[C@H](N(C)C)[C@@H](O)[C@H](C)O3)c1C2=O. The van der Waals surface area contributed by atoms with E-state index in [0.29, 0.717) is 11.1 Å². The van der Waals surface area contributed by atoms with Crippen molar-refractivity contribution in [2.45, 2.75) is 133 Å². The lowest BCUT2D eigenvalue weighted by atomic mass is 9.74. The van der Waals surface area contributed by atoms with Crippen LogP contribution in [-0.4, -0.2) is 123 Å². The second-order valence-corrected chi connectivity index (χ2v) is 18.0. The maximum absolute atomic E-state index is 15.2. The largest absolute Gasteiger partial charge is 0.507 e. The van der Waals surface area contributed by atoms with Gasteiger partial charge in [0, 0.05) is 28.8 Å². The lowest BCUT2D eigenvalue weighted by Crippen LogP contribution is -2.65. The molecule has 0 spiro atoms. The number of phenols is 1. The number of likely N-dealkylation sites (N-methyl/N-ethyl adjacent to an activating group) is 2. The molecule has 4 aliphatic heterocycles. The fraction of sp³-hybridized carbons (Fsp3) is 0.595. The van der Waals surface area contributed by atoms with Gasteiger partial charge in [-0.1, -0.05) is 0 Å². The minimum atomic E-state index is -2.08. The quantitative estimate of drug-likeness (QED) is 0.208. The van der Waals surface area contributed by atoms with Crippen LogP contribution in [-0.2, 0) is 24.5 Å². The molecule has 11 atom stereocenters. The van der Waals surface area contributed by atoms with Crippen LogP contribution >= 0.6 is 0 Å². The number of hydrogen-bond donors (Lipinski definition) is 4. The summed E-state index contributed by atoms with van der Waals surface area (Å²) in [7, 11) is 7.18. The van der Waals surface area contributed by atoms with Crippen molar-refractivity contribution in [1.29, 1.82) is 0 Å². The van der Waals surface area contributed by atoms with Crippen LogP contribution in [0.25, 0.3) is 11.0 Å². The van der Waals surface area contributed by atoms with Gasteiger partial charge in [-0.3, -0.25) is 14.4 Å². The summed E-state index contributed by atoms with van der Waals surface area (Å²) in [4.78, 5) is 47.7. The topological polar surface area (TPSA) is 195 Å². The predicted octanol–water partition coefficient (Wildman–Crippen LogP) is 3.37. The lowest BCUT2D eigenvalue weighted by molar-refractivity contribution is -0.322. The molecule has 302 valence electrons. The Morgan fingerprint density at radius 3 is 2.09 bits per heavy atom. The zero-order valence-electron chi connectivity index (χ0n) is 33.7. The van der Waals surface area contributed by atoms with E-state index in [2.05, 4.69) is 0 Å². The first-order valence-electron chi connectivity index (χ1n) is 19.2. The average molecular weight is 777 g/mol. The second-order valence-electron chi connectivity index (χ2n) is 18.0. The number of rotatable bonds is 6. The molecule has 1 aliphatic carbocycles. The van der Waals surface area contributed by atoms with E-state index < -0.39 is 87.9 Å². The zero-order chi connectivity index (χ0) is 40.9. The summed E-state index contributed by atoms with van der Waals surface area (Å²) in [5, 5.41) is 46.2.